The lowest BCUT2D eigenvalue weighted by atomic mass is 10.2. The van der Waals surface area contributed by atoms with E-state index in [4.69, 9.17) is 0 Å². The van der Waals surface area contributed by atoms with Crippen LogP contribution in [0.1, 0.15) is 33.1 Å². The lowest BCUT2D eigenvalue weighted by Gasteiger charge is -2.22. The summed E-state index contributed by atoms with van der Waals surface area (Å²) in [7, 11) is -3.25. The Hall–Kier alpha value is -0.620. The minimum atomic E-state index is -3.25. The Morgan fingerprint density at radius 2 is 2.12 bits per heavy atom. The molecule has 1 amide bonds. The van der Waals surface area contributed by atoms with Crippen LogP contribution in [0.15, 0.2) is 0 Å². The van der Waals surface area contributed by atoms with Crippen molar-refractivity contribution in [2.24, 2.45) is 0 Å². The molecule has 1 rings (SSSR count). The number of nitrogens with zero attached hydrogens (tertiary/aromatic N) is 1. The predicted octanol–water partition coefficient (Wildman–Crippen LogP) is 0.327. The number of amides is 1. The molecule has 94 valence electrons. The third-order valence-electron chi connectivity index (χ3n) is 2.68. The molecule has 1 fully saturated rings. The zero-order chi connectivity index (χ0) is 12.2. The standard InChI is InChI=1S/C10H20N2O3S/c1-3-8-16(14,15)12-7-5-6-9(12)10(13)11-4-2/h9H,3-8H2,1-2H3,(H,11,13). The fourth-order valence-corrected chi connectivity index (χ4v) is 3.75. The third-order valence-corrected chi connectivity index (χ3v) is 4.75. The Kier molecular flexibility index (Phi) is 4.73. The van der Waals surface area contributed by atoms with Gasteiger partial charge < -0.3 is 5.32 Å². The Bertz CT molecular complexity index is 340. The highest BCUT2D eigenvalue weighted by Gasteiger charge is 2.37. The zero-order valence-corrected chi connectivity index (χ0v) is 10.7. The third kappa shape index (κ3) is 2.95. The van der Waals surface area contributed by atoms with Gasteiger partial charge in [-0.25, -0.2) is 8.42 Å². The molecule has 1 N–H and O–H groups in total. The number of nitrogens with one attached hydrogen (secondary N) is 1. The Morgan fingerprint density at radius 3 is 2.69 bits per heavy atom. The molecule has 0 spiro atoms. The van der Waals surface area contributed by atoms with Crippen molar-refractivity contribution in [2.45, 2.75) is 39.2 Å². The van der Waals surface area contributed by atoms with Gasteiger partial charge in [0.2, 0.25) is 15.9 Å². The molecule has 1 atom stereocenters. The van der Waals surface area contributed by atoms with Crippen molar-refractivity contribution in [3.05, 3.63) is 0 Å². The highest BCUT2D eigenvalue weighted by molar-refractivity contribution is 7.89. The Balaban J connectivity index is 2.76. The number of hydrogen-bond donors (Lipinski definition) is 1. The second-order valence-corrected chi connectivity index (χ2v) is 6.02. The minimum Gasteiger partial charge on any atom is -0.355 e. The molecule has 1 heterocycles. The second kappa shape index (κ2) is 5.63. The van der Waals surface area contributed by atoms with E-state index in [0.717, 1.165) is 6.42 Å². The van der Waals surface area contributed by atoms with Gasteiger partial charge in [-0.1, -0.05) is 6.92 Å². The first-order valence-electron chi connectivity index (χ1n) is 5.80. The number of rotatable bonds is 5. The molecule has 0 aliphatic carbocycles. The molecule has 5 nitrogen and oxygen atoms in total. The molecule has 0 radical (unpaired) electrons. The average Bonchev–Trinajstić information content (AvgIpc) is 2.66. The van der Waals surface area contributed by atoms with Gasteiger partial charge in [-0.15, -0.1) is 0 Å². The highest BCUT2D eigenvalue weighted by atomic mass is 32.2. The molecule has 6 heteroatoms. The van der Waals surface area contributed by atoms with Gasteiger partial charge in [-0.2, -0.15) is 4.31 Å². The van der Waals surface area contributed by atoms with Crippen molar-refractivity contribution in [2.75, 3.05) is 18.8 Å². The van der Waals surface area contributed by atoms with Crippen LogP contribution < -0.4 is 5.32 Å². The molecule has 0 aromatic rings. The quantitative estimate of drug-likeness (QED) is 0.762. The van der Waals surface area contributed by atoms with Crippen LogP contribution in [0.2, 0.25) is 0 Å². The summed E-state index contributed by atoms with van der Waals surface area (Å²) in [6.45, 7) is 4.67. The molecule has 1 aliphatic heterocycles. The molecular weight excluding hydrogens is 228 g/mol. The van der Waals surface area contributed by atoms with Gasteiger partial charge in [0.15, 0.2) is 0 Å². The first-order chi connectivity index (χ1) is 7.53. The van der Waals surface area contributed by atoms with Gasteiger partial charge in [0.05, 0.1) is 5.75 Å². The average molecular weight is 248 g/mol. The second-order valence-electron chi connectivity index (χ2n) is 3.98. The number of carbonyl (C=O) groups excluding carboxylic acids is 1. The van der Waals surface area contributed by atoms with E-state index in [9.17, 15) is 13.2 Å². The van der Waals surface area contributed by atoms with Gasteiger partial charge in [0.25, 0.3) is 0 Å². The summed E-state index contributed by atoms with van der Waals surface area (Å²) in [4.78, 5) is 11.7. The fraction of sp³-hybridized carbons (Fsp3) is 0.900. The highest BCUT2D eigenvalue weighted by Crippen LogP contribution is 2.21. The molecule has 1 unspecified atom stereocenters. The van der Waals surface area contributed by atoms with Crippen molar-refractivity contribution in [1.82, 2.24) is 9.62 Å². The summed E-state index contributed by atoms with van der Waals surface area (Å²) >= 11 is 0. The minimum absolute atomic E-state index is 0.128. The number of hydrogen-bond acceptors (Lipinski definition) is 3. The monoisotopic (exact) mass is 248 g/mol. The lowest BCUT2D eigenvalue weighted by Crippen LogP contribution is -2.46. The number of carbonyl (C=O) groups is 1. The van der Waals surface area contributed by atoms with Crippen LogP contribution in [-0.2, 0) is 14.8 Å². The van der Waals surface area contributed by atoms with Crippen LogP contribution in [0.4, 0.5) is 0 Å². The Morgan fingerprint density at radius 1 is 1.44 bits per heavy atom. The lowest BCUT2D eigenvalue weighted by molar-refractivity contribution is -0.124. The summed E-state index contributed by atoms with van der Waals surface area (Å²) in [5.41, 5.74) is 0. The van der Waals surface area contributed by atoms with Crippen LogP contribution in [0.3, 0.4) is 0 Å². The van der Waals surface area contributed by atoms with Gasteiger partial charge in [-0.3, -0.25) is 4.79 Å². The van der Waals surface area contributed by atoms with E-state index in [-0.39, 0.29) is 11.7 Å². The maximum absolute atomic E-state index is 11.9. The van der Waals surface area contributed by atoms with Gasteiger partial charge in [-0.05, 0) is 26.2 Å². The molecule has 16 heavy (non-hydrogen) atoms. The van der Waals surface area contributed by atoms with Crippen molar-refractivity contribution >= 4 is 15.9 Å². The topological polar surface area (TPSA) is 66.5 Å². The van der Waals surface area contributed by atoms with Crippen molar-refractivity contribution in [1.29, 1.82) is 0 Å². The summed E-state index contributed by atoms with van der Waals surface area (Å²) < 4.78 is 25.2. The maximum Gasteiger partial charge on any atom is 0.238 e. The summed E-state index contributed by atoms with van der Waals surface area (Å²) in [5, 5.41) is 2.69. The van der Waals surface area contributed by atoms with E-state index in [2.05, 4.69) is 5.32 Å². The van der Waals surface area contributed by atoms with Crippen LogP contribution in [0.5, 0.6) is 0 Å². The normalized spacial score (nSPS) is 22.2. The molecule has 0 aromatic heterocycles. The van der Waals surface area contributed by atoms with Crippen LogP contribution in [-0.4, -0.2) is 43.5 Å². The molecule has 1 aliphatic rings. The van der Waals surface area contributed by atoms with Crippen LogP contribution in [0.25, 0.3) is 0 Å². The zero-order valence-electron chi connectivity index (χ0n) is 9.90. The van der Waals surface area contributed by atoms with Crippen molar-refractivity contribution in [3.63, 3.8) is 0 Å². The van der Waals surface area contributed by atoms with Crippen molar-refractivity contribution < 1.29 is 13.2 Å². The van der Waals surface area contributed by atoms with Gasteiger partial charge in [0, 0.05) is 13.1 Å². The van der Waals surface area contributed by atoms with E-state index in [1.54, 1.807) is 0 Å². The van der Waals surface area contributed by atoms with Crippen molar-refractivity contribution in [3.8, 4) is 0 Å². The number of sulfonamides is 1. The summed E-state index contributed by atoms with van der Waals surface area (Å²) in [6.07, 6.45) is 1.99. The molecule has 0 bridgehead atoms. The Labute approximate surface area is 97.2 Å². The summed E-state index contributed by atoms with van der Waals surface area (Å²) in [6, 6.07) is -0.489. The fourth-order valence-electron chi connectivity index (χ4n) is 2.00. The molecule has 1 saturated heterocycles. The first-order valence-corrected chi connectivity index (χ1v) is 7.41. The van der Waals surface area contributed by atoms with E-state index >= 15 is 0 Å². The molecule has 0 aromatic carbocycles. The molecule has 0 saturated carbocycles. The maximum atomic E-state index is 11.9. The number of likely N-dealkylation sites (N-methyl/N-ethyl adjacent to an activating group) is 1. The predicted molar refractivity (Wildman–Crippen MR) is 62.5 cm³/mol. The molecular formula is C10H20N2O3S. The van der Waals surface area contributed by atoms with E-state index in [1.165, 1.54) is 4.31 Å². The smallest absolute Gasteiger partial charge is 0.238 e. The van der Waals surface area contributed by atoms with E-state index in [1.807, 2.05) is 13.8 Å². The van der Waals surface area contributed by atoms with E-state index < -0.39 is 16.1 Å². The first kappa shape index (κ1) is 13.4. The summed E-state index contributed by atoms with van der Waals surface area (Å²) in [5.74, 6) is -0.0391. The van der Waals surface area contributed by atoms with Crippen LogP contribution in [0, 0.1) is 0 Å². The van der Waals surface area contributed by atoms with E-state index in [0.29, 0.717) is 25.9 Å². The SMILES string of the molecule is CCCS(=O)(=O)N1CCCC1C(=O)NCC. The van der Waals surface area contributed by atoms with Crippen LogP contribution >= 0.6 is 0 Å². The van der Waals surface area contributed by atoms with Gasteiger partial charge >= 0.3 is 0 Å². The largest absolute Gasteiger partial charge is 0.355 e. The van der Waals surface area contributed by atoms with Gasteiger partial charge in [0.1, 0.15) is 6.04 Å².